The number of anilines is 2. The molecule has 1 saturated heterocycles. The number of aromatic nitrogens is 2. The average molecular weight is 496 g/mol. The van der Waals surface area contributed by atoms with Crippen LogP contribution in [0.1, 0.15) is 19.7 Å². The molecule has 1 aromatic heterocycles. The predicted octanol–water partition coefficient (Wildman–Crippen LogP) is 3.55. The maximum absolute atomic E-state index is 12.7. The van der Waals surface area contributed by atoms with Crippen molar-refractivity contribution in [2.75, 3.05) is 36.8 Å². The number of rotatable bonds is 7. The van der Waals surface area contributed by atoms with Crippen molar-refractivity contribution in [1.29, 1.82) is 0 Å². The van der Waals surface area contributed by atoms with Crippen LogP contribution in [0.3, 0.4) is 0 Å². The van der Waals surface area contributed by atoms with Crippen molar-refractivity contribution in [3.8, 4) is 0 Å². The van der Waals surface area contributed by atoms with Gasteiger partial charge < -0.3 is 21.3 Å². The van der Waals surface area contributed by atoms with Gasteiger partial charge in [0.1, 0.15) is 17.7 Å². The number of piperazine rings is 1. The van der Waals surface area contributed by atoms with E-state index in [1.807, 2.05) is 50.2 Å². The first-order valence-corrected chi connectivity index (χ1v) is 12.0. The number of amides is 3. The van der Waals surface area contributed by atoms with Crippen molar-refractivity contribution in [2.45, 2.75) is 26.4 Å². The monoisotopic (exact) mass is 495 g/mol. The molecule has 0 saturated carbocycles. The summed E-state index contributed by atoms with van der Waals surface area (Å²) in [5, 5.41) is 7.45. The predicted molar refractivity (Wildman–Crippen MR) is 138 cm³/mol. The molecule has 0 spiro atoms. The number of hydrogen-bond acceptors (Lipinski definition) is 6. The number of para-hydroxylation sites is 2. The molecule has 3 amide bonds. The standard InChI is InChI=1S/C25H30ClN7O2/c1-16(2)22(23(27)34)31-24-17-7-3-5-9-19(17)28-21(30-24)15-32-11-13-33(14-12-32)25(35)29-20-10-6-4-8-18(20)26/h3-10,16,22H,11-15H2,1-2H3,(H2,27,34)(H,29,35)(H,28,30,31)/t22-/m0/s1. The summed E-state index contributed by atoms with van der Waals surface area (Å²) in [5.41, 5.74) is 7.01. The minimum absolute atomic E-state index is 0.00895. The van der Waals surface area contributed by atoms with Gasteiger partial charge in [-0.2, -0.15) is 0 Å². The van der Waals surface area contributed by atoms with Crippen LogP contribution in [0.2, 0.25) is 5.02 Å². The Morgan fingerprint density at radius 3 is 2.40 bits per heavy atom. The number of urea groups is 1. The molecule has 3 aromatic rings. The van der Waals surface area contributed by atoms with Crippen LogP contribution in [0.25, 0.3) is 10.9 Å². The highest BCUT2D eigenvalue weighted by atomic mass is 35.5. The van der Waals surface area contributed by atoms with Crippen LogP contribution in [0.15, 0.2) is 48.5 Å². The van der Waals surface area contributed by atoms with E-state index in [9.17, 15) is 9.59 Å². The van der Waals surface area contributed by atoms with Gasteiger partial charge >= 0.3 is 6.03 Å². The largest absolute Gasteiger partial charge is 0.368 e. The highest BCUT2D eigenvalue weighted by Gasteiger charge is 2.24. The van der Waals surface area contributed by atoms with Gasteiger partial charge in [-0.1, -0.05) is 49.7 Å². The second-order valence-electron chi connectivity index (χ2n) is 8.95. The van der Waals surface area contributed by atoms with E-state index < -0.39 is 11.9 Å². The zero-order chi connectivity index (χ0) is 24.9. The Balaban J connectivity index is 1.43. The van der Waals surface area contributed by atoms with Crippen LogP contribution in [-0.4, -0.2) is 63.9 Å². The Hall–Kier alpha value is -3.43. The molecule has 0 bridgehead atoms. The molecule has 0 radical (unpaired) electrons. The summed E-state index contributed by atoms with van der Waals surface area (Å²) in [6, 6.07) is 14.2. The van der Waals surface area contributed by atoms with Crippen molar-refractivity contribution in [3.05, 3.63) is 59.4 Å². The Morgan fingerprint density at radius 2 is 1.71 bits per heavy atom. The molecular weight excluding hydrogens is 466 g/mol. The number of hydrogen-bond donors (Lipinski definition) is 3. The Morgan fingerprint density at radius 1 is 1.03 bits per heavy atom. The fourth-order valence-electron chi connectivity index (χ4n) is 4.08. The lowest BCUT2D eigenvalue weighted by atomic mass is 10.0. The lowest BCUT2D eigenvalue weighted by Crippen LogP contribution is -2.49. The van der Waals surface area contributed by atoms with E-state index >= 15 is 0 Å². The summed E-state index contributed by atoms with van der Waals surface area (Å²) in [6.45, 7) is 6.93. The van der Waals surface area contributed by atoms with E-state index in [0.29, 0.717) is 55.1 Å². The Kier molecular flexibility index (Phi) is 7.67. The summed E-state index contributed by atoms with van der Waals surface area (Å²) in [6.07, 6.45) is 0. The Labute approximate surface area is 209 Å². The van der Waals surface area contributed by atoms with Gasteiger partial charge in [0.25, 0.3) is 0 Å². The third kappa shape index (κ3) is 5.98. The quantitative estimate of drug-likeness (QED) is 0.461. The Bertz CT molecular complexity index is 1210. The van der Waals surface area contributed by atoms with Crippen molar-refractivity contribution in [2.24, 2.45) is 11.7 Å². The van der Waals surface area contributed by atoms with Crippen LogP contribution in [0.4, 0.5) is 16.3 Å². The summed E-state index contributed by atoms with van der Waals surface area (Å²) >= 11 is 6.15. The van der Waals surface area contributed by atoms with Crippen molar-refractivity contribution >= 4 is 45.9 Å². The van der Waals surface area contributed by atoms with Crippen LogP contribution < -0.4 is 16.4 Å². The van der Waals surface area contributed by atoms with E-state index in [1.165, 1.54) is 0 Å². The van der Waals surface area contributed by atoms with Gasteiger partial charge in [-0.05, 0) is 30.2 Å². The summed E-state index contributed by atoms with van der Waals surface area (Å²) in [5.74, 6) is 0.832. The molecule has 35 heavy (non-hydrogen) atoms. The zero-order valence-electron chi connectivity index (χ0n) is 19.9. The average Bonchev–Trinajstić information content (AvgIpc) is 2.84. The molecule has 4 N–H and O–H groups in total. The number of carbonyl (C=O) groups excluding carboxylic acids is 2. The molecule has 4 rings (SSSR count). The maximum atomic E-state index is 12.7. The van der Waals surface area contributed by atoms with Gasteiger partial charge in [0.2, 0.25) is 5.91 Å². The molecule has 10 heteroatoms. The normalized spacial score (nSPS) is 15.3. The lowest BCUT2D eigenvalue weighted by molar-refractivity contribution is -0.119. The topological polar surface area (TPSA) is 116 Å². The number of fused-ring (bicyclic) bond motifs is 1. The SMILES string of the molecule is CC(C)[C@H](Nc1nc(CN2CCN(C(=O)Nc3ccccc3Cl)CC2)nc2ccccc12)C(N)=O. The molecule has 1 aliphatic rings. The second-order valence-corrected chi connectivity index (χ2v) is 9.35. The summed E-state index contributed by atoms with van der Waals surface area (Å²) in [4.78, 5) is 38.1. The minimum atomic E-state index is -0.540. The fourth-order valence-corrected chi connectivity index (χ4v) is 4.27. The molecule has 1 aliphatic heterocycles. The van der Waals surface area contributed by atoms with Crippen molar-refractivity contribution in [3.63, 3.8) is 0 Å². The molecule has 184 valence electrons. The lowest BCUT2D eigenvalue weighted by Gasteiger charge is -2.34. The van der Waals surface area contributed by atoms with Crippen LogP contribution in [0.5, 0.6) is 0 Å². The molecule has 0 aliphatic carbocycles. The number of benzene rings is 2. The number of nitrogens with two attached hydrogens (primary N) is 1. The number of primary amides is 1. The second kappa shape index (κ2) is 10.9. The van der Waals surface area contributed by atoms with E-state index in [0.717, 1.165) is 10.9 Å². The van der Waals surface area contributed by atoms with E-state index in [-0.39, 0.29) is 11.9 Å². The van der Waals surface area contributed by atoms with Gasteiger partial charge in [0.05, 0.1) is 22.8 Å². The zero-order valence-corrected chi connectivity index (χ0v) is 20.6. The number of nitrogens with one attached hydrogen (secondary N) is 2. The molecule has 1 fully saturated rings. The van der Waals surface area contributed by atoms with E-state index in [4.69, 9.17) is 27.3 Å². The smallest absolute Gasteiger partial charge is 0.321 e. The van der Waals surface area contributed by atoms with Crippen LogP contribution in [0, 0.1) is 5.92 Å². The minimum Gasteiger partial charge on any atom is -0.368 e. The van der Waals surface area contributed by atoms with Gasteiger partial charge in [-0.15, -0.1) is 0 Å². The first-order valence-electron chi connectivity index (χ1n) is 11.7. The van der Waals surface area contributed by atoms with E-state index in [2.05, 4.69) is 15.5 Å². The molecule has 9 nitrogen and oxygen atoms in total. The van der Waals surface area contributed by atoms with Gasteiger partial charge in [-0.3, -0.25) is 9.69 Å². The van der Waals surface area contributed by atoms with E-state index in [1.54, 1.807) is 17.0 Å². The third-order valence-corrected chi connectivity index (χ3v) is 6.38. The maximum Gasteiger partial charge on any atom is 0.321 e. The summed E-state index contributed by atoms with van der Waals surface area (Å²) < 4.78 is 0. The third-order valence-electron chi connectivity index (χ3n) is 6.05. The molecule has 2 aromatic carbocycles. The number of halogens is 1. The van der Waals surface area contributed by atoms with Crippen molar-refractivity contribution in [1.82, 2.24) is 19.8 Å². The van der Waals surface area contributed by atoms with Gasteiger partial charge in [0.15, 0.2) is 0 Å². The molecule has 1 atom stereocenters. The number of nitrogens with zero attached hydrogens (tertiary/aromatic N) is 4. The van der Waals surface area contributed by atoms with Gasteiger partial charge in [-0.25, -0.2) is 14.8 Å². The fraction of sp³-hybridized carbons (Fsp3) is 0.360. The summed E-state index contributed by atoms with van der Waals surface area (Å²) in [7, 11) is 0. The highest BCUT2D eigenvalue weighted by molar-refractivity contribution is 6.33. The van der Waals surface area contributed by atoms with Crippen LogP contribution >= 0.6 is 11.6 Å². The molecule has 0 unspecified atom stereocenters. The molecule has 2 heterocycles. The first-order chi connectivity index (χ1) is 16.8. The molecular formula is C25H30ClN7O2. The number of carbonyl (C=O) groups is 2. The highest BCUT2D eigenvalue weighted by Crippen LogP contribution is 2.24. The first kappa shape index (κ1) is 24.7. The van der Waals surface area contributed by atoms with Crippen LogP contribution in [-0.2, 0) is 11.3 Å². The van der Waals surface area contributed by atoms with Crippen molar-refractivity contribution < 1.29 is 9.59 Å². The van der Waals surface area contributed by atoms with Gasteiger partial charge in [0, 0.05) is 31.6 Å².